The van der Waals surface area contributed by atoms with Gasteiger partial charge in [0.25, 0.3) is 0 Å². The number of hydrogen-bond acceptors (Lipinski definition) is 5. The number of nitrogens with zero attached hydrogens (tertiary/aromatic N) is 2. The topological polar surface area (TPSA) is 57.6 Å². The van der Waals surface area contributed by atoms with E-state index >= 15 is 0 Å². The van der Waals surface area contributed by atoms with E-state index in [1.54, 1.807) is 19.2 Å². The second-order valence-electron chi connectivity index (χ2n) is 9.21. The second kappa shape index (κ2) is 8.10. The molecule has 0 aliphatic carbocycles. The van der Waals surface area contributed by atoms with Crippen LogP contribution in [0.5, 0.6) is 11.5 Å². The summed E-state index contributed by atoms with van der Waals surface area (Å²) in [5, 5.41) is 14.2. The van der Waals surface area contributed by atoms with Crippen LogP contribution in [0.2, 0.25) is 0 Å². The lowest BCUT2D eigenvalue weighted by atomic mass is 9.78. The number of ether oxygens (including phenoxy) is 1. The summed E-state index contributed by atoms with van der Waals surface area (Å²) < 4.78 is 5.37. The monoisotopic (exact) mass is 383 g/mol. The highest BCUT2D eigenvalue weighted by Gasteiger charge is 2.40. The molecular weight excluding hydrogens is 350 g/mol. The first-order valence-electron chi connectivity index (χ1n) is 9.96. The molecule has 5 nitrogen and oxygen atoms in total. The van der Waals surface area contributed by atoms with Crippen molar-refractivity contribution in [2.75, 3.05) is 7.11 Å². The summed E-state index contributed by atoms with van der Waals surface area (Å²) in [4.78, 5) is 6.63. The van der Waals surface area contributed by atoms with Crippen LogP contribution in [0.3, 0.4) is 0 Å². The molecular formula is C23H33N3O2. The van der Waals surface area contributed by atoms with E-state index in [-0.39, 0.29) is 11.1 Å². The Morgan fingerprint density at radius 2 is 1.71 bits per heavy atom. The van der Waals surface area contributed by atoms with Gasteiger partial charge in [-0.3, -0.25) is 9.88 Å². The zero-order valence-electron chi connectivity index (χ0n) is 17.7. The molecule has 0 saturated carbocycles. The summed E-state index contributed by atoms with van der Waals surface area (Å²) in [5.41, 5.74) is 2.23. The number of methoxy groups -OCH3 is 1. The summed E-state index contributed by atoms with van der Waals surface area (Å²) in [6.45, 7) is 10.6. The summed E-state index contributed by atoms with van der Waals surface area (Å²) >= 11 is 0. The third-order valence-electron chi connectivity index (χ3n) is 5.48. The molecule has 1 saturated heterocycles. The molecule has 1 aromatic heterocycles. The Kier molecular flexibility index (Phi) is 5.96. The van der Waals surface area contributed by atoms with Crippen LogP contribution in [-0.2, 0) is 13.1 Å². The lowest BCUT2D eigenvalue weighted by Gasteiger charge is -2.49. The summed E-state index contributed by atoms with van der Waals surface area (Å²) in [7, 11) is 1.66. The Hall–Kier alpha value is -2.11. The molecule has 1 aliphatic heterocycles. The molecule has 2 N–H and O–H groups in total. The maximum atomic E-state index is 10.4. The SMILES string of the molecule is COc1ccc(O)c(CN(Cc2ccncc2)C2CC(C)(C)NC(C)(C)C2)c1. The predicted octanol–water partition coefficient (Wildman–Crippen LogP) is 4.11. The maximum absolute atomic E-state index is 10.4. The Balaban J connectivity index is 1.91. The average Bonchev–Trinajstić information content (AvgIpc) is 2.61. The fourth-order valence-electron chi connectivity index (χ4n) is 4.60. The van der Waals surface area contributed by atoms with E-state index < -0.39 is 0 Å². The first-order chi connectivity index (χ1) is 13.2. The van der Waals surface area contributed by atoms with Gasteiger partial charge in [0.2, 0.25) is 0 Å². The highest BCUT2D eigenvalue weighted by atomic mass is 16.5. The number of benzene rings is 1. The molecule has 152 valence electrons. The Bertz CT molecular complexity index is 774. The molecule has 0 radical (unpaired) electrons. The number of phenols is 1. The van der Waals surface area contributed by atoms with Crippen molar-refractivity contribution in [3.63, 3.8) is 0 Å². The molecule has 3 rings (SSSR count). The van der Waals surface area contributed by atoms with Gasteiger partial charge in [-0.15, -0.1) is 0 Å². The van der Waals surface area contributed by atoms with E-state index in [0.29, 0.717) is 18.3 Å². The second-order valence-corrected chi connectivity index (χ2v) is 9.21. The quantitative estimate of drug-likeness (QED) is 0.786. The van der Waals surface area contributed by atoms with Crippen molar-refractivity contribution in [1.29, 1.82) is 0 Å². The molecule has 0 amide bonds. The third-order valence-corrected chi connectivity index (χ3v) is 5.48. The summed E-state index contributed by atoms with van der Waals surface area (Å²) in [5.74, 6) is 1.08. The van der Waals surface area contributed by atoms with Crippen LogP contribution >= 0.6 is 0 Å². The van der Waals surface area contributed by atoms with E-state index in [1.165, 1.54) is 5.56 Å². The predicted molar refractivity (Wildman–Crippen MR) is 112 cm³/mol. The van der Waals surface area contributed by atoms with E-state index in [0.717, 1.165) is 30.7 Å². The number of pyridine rings is 1. The van der Waals surface area contributed by atoms with E-state index in [4.69, 9.17) is 4.74 Å². The van der Waals surface area contributed by atoms with Crippen molar-refractivity contribution in [3.05, 3.63) is 53.9 Å². The molecule has 0 spiro atoms. The lowest BCUT2D eigenvalue weighted by molar-refractivity contribution is 0.0559. The molecule has 0 unspecified atom stereocenters. The van der Waals surface area contributed by atoms with Gasteiger partial charge in [-0.25, -0.2) is 0 Å². The molecule has 1 aromatic carbocycles. The minimum Gasteiger partial charge on any atom is -0.508 e. The van der Waals surface area contributed by atoms with Gasteiger partial charge < -0.3 is 15.2 Å². The van der Waals surface area contributed by atoms with Crippen LogP contribution in [0, 0.1) is 0 Å². The summed E-state index contributed by atoms with van der Waals surface area (Å²) in [6.07, 6.45) is 5.78. The van der Waals surface area contributed by atoms with Gasteiger partial charge in [-0.2, -0.15) is 0 Å². The van der Waals surface area contributed by atoms with E-state index in [2.05, 4.69) is 55.0 Å². The van der Waals surface area contributed by atoms with Crippen molar-refractivity contribution in [2.45, 2.75) is 70.7 Å². The van der Waals surface area contributed by atoms with Crippen molar-refractivity contribution in [2.24, 2.45) is 0 Å². The van der Waals surface area contributed by atoms with Gasteiger partial charge in [0.05, 0.1) is 7.11 Å². The van der Waals surface area contributed by atoms with Crippen LogP contribution in [0.15, 0.2) is 42.7 Å². The Morgan fingerprint density at radius 1 is 1.07 bits per heavy atom. The van der Waals surface area contributed by atoms with Crippen LogP contribution in [0.25, 0.3) is 0 Å². The number of aromatic hydroxyl groups is 1. The third kappa shape index (κ3) is 5.24. The summed E-state index contributed by atoms with van der Waals surface area (Å²) in [6, 6.07) is 9.97. The van der Waals surface area contributed by atoms with Crippen LogP contribution < -0.4 is 10.1 Å². The first-order valence-corrected chi connectivity index (χ1v) is 9.96. The number of aromatic nitrogens is 1. The molecule has 2 heterocycles. The zero-order chi connectivity index (χ0) is 20.4. The van der Waals surface area contributed by atoms with Crippen LogP contribution in [0.4, 0.5) is 0 Å². The number of piperidine rings is 1. The standard InChI is InChI=1S/C23H33N3O2/c1-22(2)13-19(14-23(3,4)25-22)26(15-17-8-10-24-11-9-17)16-18-12-20(28-5)6-7-21(18)27/h6-12,19,25,27H,13-16H2,1-5H3. The van der Waals surface area contributed by atoms with Crippen molar-refractivity contribution < 1.29 is 9.84 Å². The van der Waals surface area contributed by atoms with E-state index in [9.17, 15) is 5.11 Å². The highest BCUT2D eigenvalue weighted by Crippen LogP contribution is 2.34. The van der Waals surface area contributed by atoms with Crippen LogP contribution in [0.1, 0.15) is 51.7 Å². The van der Waals surface area contributed by atoms with Gasteiger partial charge in [0.15, 0.2) is 0 Å². The molecule has 2 aromatic rings. The van der Waals surface area contributed by atoms with Crippen molar-refractivity contribution >= 4 is 0 Å². The largest absolute Gasteiger partial charge is 0.508 e. The maximum Gasteiger partial charge on any atom is 0.120 e. The van der Waals surface area contributed by atoms with Gasteiger partial charge in [0.1, 0.15) is 11.5 Å². The highest BCUT2D eigenvalue weighted by molar-refractivity contribution is 5.39. The average molecular weight is 384 g/mol. The van der Waals surface area contributed by atoms with Gasteiger partial charge in [-0.1, -0.05) is 0 Å². The molecule has 28 heavy (non-hydrogen) atoms. The Morgan fingerprint density at radius 3 is 2.32 bits per heavy atom. The van der Waals surface area contributed by atoms with Crippen molar-refractivity contribution in [3.8, 4) is 11.5 Å². The normalized spacial score (nSPS) is 18.9. The molecule has 1 aliphatic rings. The smallest absolute Gasteiger partial charge is 0.120 e. The van der Waals surface area contributed by atoms with Crippen LogP contribution in [-0.4, -0.2) is 39.2 Å². The number of hydrogen-bond donors (Lipinski definition) is 2. The zero-order valence-corrected chi connectivity index (χ0v) is 17.7. The van der Waals surface area contributed by atoms with Crippen molar-refractivity contribution in [1.82, 2.24) is 15.2 Å². The molecule has 0 bridgehead atoms. The minimum atomic E-state index is 0.0549. The fourth-order valence-corrected chi connectivity index (χ4v) is 4.60. The number of phenolic OH excluding ortho intramolecular Hbond substituents is 1. The molecule has 0 atom stereocenters. The molecule has 5 heteroatoms. The molecule has 1 fully saturated rings. The van der Waals surface area contributed by atoms with Gasteiger partial charge in [-0.05, 0) is 76.4 Å². The number of nitrogens with one attached hydrogen (secondary N) is 1. The fraction of sp³-hybridized carbons (Fsp3) is 0.522. The Labute approximate surface area is 168 Å². The lowest BCUT2D eigenvalue weighted by Crippen LogP contribution is -2.62. The minimum absolute atomic E-state index is 0.0549. The number of rotatable bonds is 6. The first kappa shape index (κ1) is 20.6. The van der Waals surface area contributed by atoms with Gasteiger partial charge in [0, 0.05) is 48.2 Å². The van der Waals surface area contributed by atoms with E-state index in [1.807, 2.05) is 18.5 Å². The van der Waals surface area contributed by atoms with Gasteiger partial charge >= 0.3 is 0 Å².